The van der Waals surface area contributed by atoms with Crippen LogP contribution in [-0.2, 0) is 0 Å². The first-order valence-corrected chi connectivity index (χ1v) is 7.85. The van der Waals surface area contributed by atoms with E-state index in [1.54, 1.807) is 0 Å². The van der Waals surface area contributed by atoms with Crippen molar-refractivity contribution < 1.29 is 0 Å². The van der Waals surface area contributed by atoms with Crippen LogP contribution in [-0.4, -0.2) is 54.1 Å². The molecule has 2 unspecified atom stereocenters. The highest BCUT2D eigenvalue weighted by atomic mass is 15.2. The number of hydrogen-bond acceptors (Lipinski definition) is 3. The van der Waals surface area contributed by atoms with Gasteiger partial charge in [-0.25, -0.2) is 0 Å². The fraction of sp³-hybridized carbons (Fsp3) is 1.00. The third kappa shape index (κ3) is 3.25. The minimum atomic E-state index is 0.446. The van der Waals surface area contributed by atoms with Gasteiger partial charge in [0.1, 0.15) is 0 Å². The van der Waals surface area contributed by atoms with Gasteiger partial charge >= 0.3 is 0 Å². The molecule has 106 valence electrons. The molecule has 2 atom stereocenters. The van der Waals surface area contributed by atoms with E-state index >= 15 is 0 Å². The van der Waals surface area contributed by atoms with Crippen molar-refractivity contribution in [3.63, 3.8) is 0 Å². The number of rotatable bonds is 3. The Hall–Kier alpha value is -0.120. The lowest BCUT2D eigenvalue weighted by Crippen LogP contribution is -2.53. The SMILES string of the molecule is CCC1CN(C2CCN(C(C)C)CC2)CCC1N. The Morgan fingerprint density at radius 1 is 1.11 bits per heavy atom. The van der Waals surface area contributed by atoms with Crippen LogP contribution >= 0.6 is 0 Å². The standard InChI is InChI=1S/C15H31N3/c1-4-13-11-18(10-7-15(13)16)14-5-8-17(9-6-14)12(2)3/h12-15H,4-11,16H2,1-3H3. The smallest absolute Gasteiger partial charge is 0.0120 e. The Bertz CT molecular complexity index is 246. The van der Waals surface area contributed by atoms with Gasteiger partial charge in [0.15, 0.2) is 0 Å². The lowest BCUT2D eigenvalue weighted by Gasteiger charge is -2.44. The largest absolute Gasteiger partial charge is 0.327 e. The van der Waals surface area contributed by atoms with E-state index in [0.717, 1.165) is 12.0 Å². The number of likely N-dealkylation sites (tertiary alicyclic amines) is 2. The molecule has 0 spiro atoms. The first-order valence-electron chi connectivity index (χ1n) is 7.85. The summed E-state index contributed by atoms with van der Waals surface area (Å²) in [5, 5.41) is 0. The molecule has 2 heterocycles. The molecule has 0 radical (unpaired) electrons. The topological polar surface area (TPSA) is 32.5 Å². The minimum Gasteiger partial charge on any atom is -0.327 e. The summed E-state index contributed by atoms with van der Waals surface area (Å²) < 4.78 is 0. The number of nitrogens with zero attached hydrogens (tertiary/aromatic N) is 2. The molecule has 2 N–H and O–H groups in total. The van der Waals surface area contributed by atoms with Crippen molar-refractivity contribution in [2.75, 3.05) is 26.2 Å². The lowest BCUT2D eigenvalue weighted by atomic mass is 9.88. The second kappa shape index (κ2) is 6.36. The van der Waals surface area contributed by atoms with E-state index in [2.05, 4.69) is 30.6 Å². The van der Waals surface area contributed by atoms with Crippen molar-refractivity contribution in [1.82, 2.24) is 9.80 Å². The second-order valence-corrected chi connectivity index (χ2v) is 6.48. The van der Waals surface area contributed by atoms with Crippen LogP contribution in [0.5, 0.6) is 0 Å². The Kier molecular flexibility index (Phi) is 5.05. The summed E-state index contributed by atoms with van der Waals surface area (Å²) in [6.45, 7) is 11.9. The normalized spacial score (nSPS) is 33.2. The van der Waals surface area contributed by atoms with Crippen LogP contribution in [0.25, 0.3) is 0 Å². The molecule has 2 aliphatic heterocycles. The zero-order valence-electron chi connectivity index (χ0n) is 12.4. The highest BCUT2D eigenvalue weighted by Crippen LogP contribution is 2.25. The summed E-state index contributed by atoms with van der Waals surface area (Å²) in [5.41, 5.74) is 6.21. The number of piperidine rings is 2. The summed E-state index contributed by atoms with van der Waals surface area (Å²) in [6.07, 6.45) is 5.14. The van der Waals surface area contributed by atoms with Crippen molar-refractivity contribution in [3.8, 4) is 0 Å². The molecule has 2 fully saturated rings. The number of hydrogen-bond donors (Lipinski definition) is 1. The summed E-state index contributed by atoms with van der Waals surface area (Å²) in [6, 6.07) is 1.98. The Morgan fingerprint density at radius 3 is 2.33 bits per heavy atom. The quantitative estimate of drug-likeness (QED) is 0.834. The zero-order chi connectivity index (χ0) is 13.1. The molecule has 0 aromatic heterocycles. The van der Waals surface area contributed by atoms with Gasteiger partial charge in [0.2, 0.25) is 0 Å². The predicted molar refractivity (Wildman–Crippen MR) is 77.7 cm³/mol. The molecule has 3 nitrogen and oxygen atoms in total. The van der Waals surface area contributed by atoms with Crippen molar-refractivity contribution in [2.45, 2.75) is 64.6 Å². The predicted octanol–water partition coefficient (Wildman–Crippen LogP) is 1.92. The van der Waals surface area contributed by atoms with E-state index in [9.17, 15) is 0 Å². The van der Waals surface area contributed by atoms with E-state index in [4.69, 9.17) is 5.73 Å². The number of nitrogens with two attached hydrogens (primary N) is 1. The van der Waals surface area contributed by atoms with Gasteiger partial charge in [-0.2, -0.15) is 0 Å². The van der Waals surface area contributed by atoms with E-state index < -0.39 is 0 Å². The Morgan fingerprint density at radius 2 is 1.78 bits per heavy atom. The monoisotopic (exact) mass is 253 g/mol. The maximum atomic E-state index is 6.21. The van der Waals surface area contributed by atoms with Crippen LogP contribution < -0.4 is 5.73 Å². The van der Waals surface area contributed by atoms with Gasteiger partial charge in [0.25, 0.3) is 0 Å². The molecule has 0 amide bonds. The molecule has 2 rings (SSSR count). The first-order chi connectivity index (χ1) is 8.61. The maximum Gasteiger partial charge on any atom is 0.0120 e. The van der Waals surface area contributed by atoms with Crippen molar-refractivity contribution in [1.29, 1.82) is 0 Å². The van der Waals surface area contributed by atoms with E-state index in [0.29, 0.717) is 12.1 Å². The second-order valence-electron chi connectivity index (χ2n) is 6.48. The van der Waals surface area contributed by atoms with Gasteiger partial charge in [-0.1, -0.05) is 13.3 Å². The zero-order valence-corrected chi connectivity index (χ0v) is 12.4. The fourth-order valence-electron chi connectivity index (χ4n) is 3.61. The van der Waals surface area contributed by atoms with Crippen LogP contribution in [0.15, 0.2) is 0 Å². The van der Waals surface area contributed by atoms with E-state index in [1.807, 2.05) is 0 Å². The summed E-state index contributed by atoms with van der Waals surface area (Å²) in [4.78, 5) is 5.35. The highest BCUT2D eigenvalue weighted by Gasteiger charge is 2.31. The van der Waals surface area contributed by atoms with Gasteiger partial charge in [-0.3, -0.25) is 4.90 Å². The molecule has 0 aromatic rings. The van der Waals surface area contributed by atoms with Crippen molar-refractivity contribution in [2.24, 2.45) is 11.7 Å². The van der Waals surface area contributed by atoms with Crippen LogP contribution in [0.4, 0.5) is 0 Å². The molecule has 0 aliphatic carbocycles. The van der Waals surface area contributed by atoms with Crippen LogP contribution in [0, 0.1) is 5.92 Å². The Balaban J connectivity index is 1.83. The average molecular weight is 253 g/mol. The lowest BCUT2D eigenvalue weighted by molar-refractivity contribution is 0.0544. The highest BCUT2D eigenvalue weighted by molar-refractivity contribution is 4.88. The van der Waals surface area contributed by atoms with Crippen molar-refractivity contribution >= 4 is 0 Å². The molecular weight excluding hydrogens is 222 g/mol. The summed E-state index contributed by atoms with van der Waals surface area (Å²) >= 11 is 0. The first kappa shape index (κ1) is 14.3. The van der Waals surface area contributed by atoms with E-state index in [1.165, 1.54) is 51.9 Å². The van der Waals surface area contributed by atoms with Gasteiger partial charge in [-0.15, -0.1) is 0 Å². The molecule has 0 aromatic carbocycles. The minimum absolute atomic E-state index is 0.446. The summed E-state index contributed by atoms with van der Waals surface area (Å²) in [7, 11) is 0. The molecule has 3 heteroatoms. The molecule has 0 saturated carbocycles. The van der Waals surface area contributed by atoms with Gasteiger partial charge in [-0.05, 0) is 58.7 Å². The Labute approximate surface area is 113 Å². The van der Waals surface area contributed by atoms with Crippen LogP contribution in [0.3, 0.4) is 0 Å². The van der Waals surface area contributed by atoms with Gasteiger partial charge in [0, 0.05) is 24.7 Å². The third-order valence-corrected chi connectivity index (χ3v) is 5.09. The fourth-order valence-corrected chi connectivity index (χ4v) is 3.61. The molecule has 0 bridgehead atoms. The summed E-state index contributed by atoms with van der Waals surface area (Å²) in [5.74, 6) is 0.724. The molecule has 18 heavy (non-hydrogen) atoms. The van der Waals surface area contributed by atoms with E-state index in [-0.39, 0.29) is 0 Å². The van der Waals surface area contributed by atoms with Crippen LogP contribution in [0.1, 0.15) is 46.5 Å². The van der Waals surface area contributed by atoms with Gasteiger partial charge in [0.05, 0.1) is 0 Å². The molecule has 2 saturated heterocycles. The van der Waals surface area contributed by atoms with Crippen LogP contribution in [0.2, 0.25) is 0 Å². The maximum absolute atomic E-state index is 6.21. The van der Waals surface area contributed by atoms with Crippen molar-refractivity contribution in [3.05, 3.63) is 0 Å². The van der Waals surface area contributed by atoms with Gasteiger partial charge < -0.3 is 10.6 Å². The third-order valence-electron chi connectivity index (χ3n) is 5.09. The molecular formula is C15H31N3. The average Bonchev–Trinajstić information content (AvgIpc) is 2.39. The molecule has 2 aliphatic rings.